The van der Waals surface area contributed by atoms with Gasteiger partial charge in [0.15, 0.2) is 0 Å². The fourth-order valence-corrected chi connectivity index (χ4v) is 15.2. The molecule has 0 spiro atoms. The number of rotatable bonds is 9. The Kier molecular flexibility index (Phi) is 8.08. The van der Waals surface area contributed by atoms with Crippen LogP contribution in [-0.4, -0.2) is 24.8 Å². The molecule has 0 fully saturated rings. The summed E-state index contributed by atoms with van der Waals surface area (Å²) in [5.41, 5.74) is 1.70. The van der Waals surface area contributed by atoms with Crippen LogP contribution in [0.1, 0.15) is 56.0 Å². The Morgan fingerprint density at radius 2 is 1.52 bits per heavy atom. The van der Waals surface area contributed by atoms with Crippen LogP contribution in [-0.2, 0) is 3.07 Å². The van der Waals surface area contributed by atoms with Gasteiger partial charge >= 0.3 is 134 Å². The van der Waals surface area contributed by atoms with E-state index in [1.165, 1.54) is 0 Å². The number of benzene rings is 1. The molecule has 0 radical (unpaired) electrons. The SMILES string of the molecule is C=Cc1ccc(C(=O)[O][Sn]([CH2]CC)([CH2]CC)[CH2]CC)cc1. The molecule has 0 heterocycles. The van der Waals surface area contributed by atoms with E-state index < -0.39 is 18.8 Å². The van der Waals surface area contributed by atoms with Crippen molar-refractivity contribution in [2.75, 3.05) is 0 Å². The first-order valence-corrected chi connectivity index (χ1v) is 15.3. The van der Waals surface area contributed by atoms with Crippen molar-refractivity contribution in [3.05, 3.63) is 42.0 Å². The Morgan fingerprint density at radius 3 is 1.90 bits per heavy atom. The van der Waals surface area contributed by atoms with Crippen molar-refractivity contribution >= 4 is 30.8 Å². The van der Waals surface area contributed by atoms with Crippen molar-refractivity contribution in [2.24, 2.45) is 0 Å². The molecule has 0 N–H and O–H groups in total. The van der Waals surface area contributed by atoms with E-state index in [1.807, 2.05) is 24.3 Å². The van der Waals surface area contributed by atoms with Crippen molar-refractivity contribution < 1.29 is 7.87 Å². The van der Waals surface area contributed by atoms with Crippen molar-refractivity contribution in [1.29, 1.82) is 0 Å². The van der Waals surface area contributed by atoms with E-state index in [9.17, 15) is 4.79 Å². The minimum absolute atomic E-state index is 0.114. The summed E-state index contributed by atoms with van der Waals surface area (Å²) in [6, 6.07) is 7.53. The van der Waals surface area contributed by atoms with Gasteiger partial charge in [-0.25, -0.2) is 0 Å². The molecule has 0 aliphatic carbocycles. The second-order valence-corrected chi connectivity index (χ2v) is 17.3. The van der Waals surface area contributed by atoms with E-state index in [2.05, 4.69) is 27.4 Å². The molecule has 0 saturated heterocycles. The van der Waals surface area contributed by atoms with Crippen LogP contribution in [0.2, 0.25) is 13.3 Å². The van der Waals surface area contributed by atoms with E-state index >= 15 is 0 Å². The molecular weight excluding hydrogens is 367 g/mol. The van der Waals surface area contributed by atoms with Crippen molar-refractivity contribution in [1.82, 2.24) is 0 Å². The molecule has 0 aliphatic heterocycles. The first kappa shape index (κ1) is 18.3. The number of hydrogen-bond donors (Lipinski definition) is 0. The monoisotopic (exact) mass is 396 g/mol. The van der Waals surface area contributed by atoms with E-state index in [-0.39, 0.29) is 5.97 Å². The molecule has 1 rings (SSSR count). The van der Waals surface area contributed by atoms with Gasteiger partial charge < -0.3 is 0 Å². The van der Waals surface area contributed by atoms with Crippen molar-refractivity contribution in [3.63, 3.8) is 0 Å². The minimum atomic E-state index is -2.77. The van der Waals surface area contributed by atoms with Crippen LogP contribution in [0, 0.1) is 0 Å². The molecule has 0 aromatic heterocycles. The zero-order valence-corrected chi connectivity index (χ0v) is 16.5. The summed E-state index contributed by atoms with van der Waals surface area (Å²) in [4.78, 5) is 12.5. The van der Waals surface area contributed by atoms with Crippen LogP contribution < -0.4 is 0 Å². The summed E-state index contributed by atoms with van der Waals surface area (Å²) >= 11 is -2.77. The summed E-state index contributed by atoms with van der Waals surface area (Å²) < 4.78 is 9.60. The molecule has 1 aromatic rings. The average Bonchev–Trinajstić information content (AvgIpc) is 2.48. The van der Waals surface area contributed by atoms with Crippen molar-refractivity contribution in [2.45, 2.75) is 53.3 Å². The number of hydrogen-bond acceptors (Lipinski definition) is 2. The third-order valence-electron chi connectivity index (χ3n) is 3.81. The average molecular weight is 395 g/mol. The quantitative estimate of drug-likeness (QED) is 0.505. The summed E-state index contributed by atoms with van der Waals surface area (Å²) in [6.45, 7) is 10.3. The number of carbonyl (C=O) groups excluding carboxylic acids is 1. The van der Waals surface area contributed by atoms with E-state index in [0.29, 0.717) is 5.56 Å². The van der Waals surface area contributed by atoms with Crippen LogP contribution in [0.5, 0.6) is 0 Å². The van der Waals surface area contributed by atoms with Crippen LogP contribution >= 0.6 is 0 Å². The summed E-state index contributed by atoms with van der Waals surface area (Å²) in [5, 5.41) is 0. The molecule has 0 amide bonds. The van der Waals surface area contributed by atoms with Crippen molar-refractivity contribution in [3.8, 4) is 0 Å². The molecule has 21 heavy (non-hydrogen) atoms. The van der Waals surface area contributed by atoms with E-state index in [0.717, 1.165) is 38.1 Å². The summed E-state index contributed by atoms with van der Waals surface area (Å²) in [5.74, 6) is -0.114. The fraction of sp³-hybridized carbons (Fsp3) is 0.500. The van der Waals surface area contributed by atoms with Crippen LogP contribution in [0.3, 0.4) is 0 Å². The Balaban J connectivity index is 2.89. The molecule has 0 unspecified atom stereocenters. The Morgan fingerprint density at radius 1 is 1.05 bits per heavy atom. The first-order valence-electron chi connectivity index (χ1n) is 8.06. The third kappa shape index (κ3) is 5.50. The van der Waals surface area contributed by atoms with Gasteiger partial charge in [-0.05, 0) is 0 Å². The van der Waals surface area contributed by atoms with Gasteiger partial charge in [0.1, 0.15) is 0 Å². The Labute approximate surface area is 134 Å². The van der Waals surface area contributed by atoms with Gasteiger partial charge in [-0.3, -0.25) is 0 Å². The zero-order chi connectivity index (χ0) is 15.7. The van der Waals surface area contributed by atoms with Gasteiger partial charge in [0.25, 0.3) is 0 Å². The van der Waals surface area contributed by atoms with Gasteiger partial charge in [0.2, 0.25) is 0 Å². The standard InChI is InChI=1S/C9H8O2.3C3H7.Sn/c1-2-7-3-5-8(6-4-7)9(10)11;3*1-3-2;/h2-6H,1H2,(H,10,11);3*1,3H2,2H3;/q;;;;+1/p-1. The molecule has 0 saturated carbocycles. The topological polar surface area (TPSA) is 26.3 Å². The van der Waals surface area contributed by atoms with Crippen LogP contribution in [0.15, 0.2) is 30.8 Å². The molecule has 116 valence electrons. The fourth-order valence-electron chi connectivity index (χ4n) is 2.91. The molecule has 3 heteroatoms. The first-order chi connectivity index (χ1) is 10.1. The maximum absolute atomic E-state index is 12.5. The normalized spacial score (nSPS) is 11.2. The molecule has 2 nitrogen and oxygen atoms in total. The second kappa shape index (κ2) is 9.29. The molecule has 0 bridgehead atoms. The van der Waals surface area contributed by atoms with Crippen LogP contribution in [0.25, 0.3) is 6.08 Å². The molecule has 0 aliphatic rings. The van der Waals surface area contributed by atoms with E-state index in [4.69, 9.17) is 3.07 Å². The van der Waals surface area contributed by atoms with E-state index in [1.54, 1.807) is 6.08 Å². The van der Waals surface area contributed by atoms with Crippen LogP contribution in [0.4, 0.5) is 0 Å². The Hall–Kier alpha value is -0.771. The van der Waals surface area contributed by atoms with Gasteiger partial charge in [-0.2, -0.15) is 0 Å². The Bertz CT molecular complexity index is 434. The zero-order valence-electron chi connectivity index (χ0n) is 13.7. The predicted molar refractivity (Wildman–Crippen MR) is 93.0 cm³/mol. The second-order valence-electron chi connectivity index (χ2n) is 5.65. The van der Waals surface area contributed by atoms with Gasteiger partial charge in [0.05, 0.1) is 0 Å². The third-order valence-corrected chi connectivity index (χ3v) is 17.7. The van der Waals surface area contributed by atoms with Gasteiger partial charge in [-0.1, -0.05) is 0 Å². The molecule has 0 atom stereocenters. The molecule has 1 aromatic carbocycles. The summed E-state index contributed by atoms with van der Waals surface area (Å²) in [7, 11) is 0. The number of carbonyl (C=O) groups is 1. The summed E-state index contributed by atoms with van der Waals surface area (Å²) in [6.07, 6.45) is 5.15. The van der Waals surface area contributed by atoms with Gasteiger partial charge in [0, 0.05) is 0 Å². The predicted octanol–water partition coefficient (Wildman–Crippen LogP) is 5.66. The van der Waals surface area contributed by atoms with Gasteiger partial charge in [-0.15, -0.1) is 0 Å². The molecular formula is C18H28O2Sn. The maximum atomic E-state index is 12.5.